The first-order chi connectivity index (χ1) is 36.2. The average Bonchev–Trinajstić information content (AvgIpc) is 4.17. The number of aromatic amines is 2. The van der Waals surface area contributed by atoms with Gasteiger partial charge in [-0.05, 0) is 43.9 Å². The molecule has 2 aromatic heterocycles. The van der Waals surface area contributed by atoms with Crippen molar-refractivity contribution < 1.29 is 77.6 Å². The van der Waals surface area contributed by atoms with Crippen LogP contribution >= 0.6 is 0 Å². The number of likely N-dealkylation sites (tertiary alicyclic amines) is 1. The molecule has 0 aromatic carbocycles. The first-order valence-electron chi connectivity index (χ1n) is 24.5. The lowest BCUT2D eigenvalue weighted by Gasteiger charge is -2.32. The predicted molar refractivity (Wildman–Crippen MR) is 264 cm³/mol. The molecule has 1 saturated heterocycles. The van der Waals surface area contributed by atoms with Crippen molar-refractivity contribution in [2.24, 2.45) is 29.0 Å². The van der Waals surface area contributed by atoms with Gasteiger partial charge in [0.1, 0.15) is 48.3 Å². The molecule has 1 aliphatic rings. The van der Waals surface area contributed by atoms with Crippen LogP contribution in [0.5, 0.6) is 0 Å². The molecule has 0 unspecified atom stereocenters. The van der Waals surface area contributed by atoms with E-state index in [4.69, 9.17) is 22.3 Å². The smallest absolute Gasteiger partial charge is 0.326 e. The van der Waals surface area contributed by atoms with Gasteiger partial charge in [-0.2, -0.15) is 0 Å². The van der Waals surface area contributed by atoms with Crippen molar-refractivity contribution in [2.75, 3.05) is 6.54 Å². The van der Waals surface area contributed by atoms with Crippen molar-refractivity contribution in [3.8, 4) is 0 Å². The molecule has 0 aliphatic carbocycles. The second-order valence-electron chi connectivity index (χ2n) is 19.0. The van der Waals surface area contributed by atoms with Gasteiger partial charge < -0.3 is 84.6 Å². The number of imidazole rings is 2. The molecule has 9 atom stereocenters. The number of carbonyl (C=O) groups excluding carboxylic acids is 10. The number of hydrogen-bond acceptors (Lipinski definition) is 16. The number of carboxylic acids is 3. The summed E-state index contributed by atoms with van der Waals surface area (Å²) in [5, 5.41) is 45.5. The molecule has 0 radical (unpaired) electrons. The maximum absolute atomic E-state index is 14.2. The summed E-state index contributed by atoms with van der Waals surface area (Å²) in [6.45, 7) is 6.16. The maximum Gasteiger partial charge on any atom is 0.326 e. The number of nitrogens with one attached hydrogen (secondary N) is 9. The fourth-order valence-electron chi connectivity index (χ4n) is 7.95. The summed E-state index contributed by atoms with van der Waals surface area (Å²) < 4.78 is 0. The standard InChI is InChI=1S/C46H69N15O16/c1-21(2)36(44(74)55-26(8-10-32(48)62)40(70)58-30(46(76)77)15-24-18-51-20-53-24)59-41(71)28(14-23-17-50-19-52-23)57-39(69)27(9-12-35(66)67)54-43(73)31-6-5-13-61(31)45(75)37(22(3)4)60-42(72)29(16-33(49)63)56-38(68)25(47)7-11-34(64)65/h17-22,25-31,36-37H,5-16,47H2,1-4H3,(H2,48,62)(H2,49,63)(H,50,52)(H,51,53)(H,54,73)(H,55,74)(H,56,68)(H,57,69)(H,58,70)(H,59,71)(H,60,72)(H,64,65)(H,66,67)(H,76,77)/t25-,26-,27-,28-,29-,30-,31-,36-,37-/m0/s1. The highest BCUT2D eigenvalue weighted by Crippen LogP contribution is 2.21. The van der Waals surface area contributed by atoms with E-state index in [1.54, 1.807) is 13.8 Å². The van der Waals surface area contributed by atoms with E-state index in [1.165, 1.54) is 38.9 Å². The zero-order valence-electron chi connectivity index (χ0n) is 42.9. The normalized spacial score (nSPS) is 16.2. The Hall–Kier alpha value is -8.51. The van der Waals surface area contributed by atoms with Crippen molar-refractivity contribution in [1.29, 1.82) is 0 Å². The van der Waals surface area contributed by atoms with Crippen LogP contribution in [0.1, 0.15) is 96.9 Å². The number of nitrogens with zero attached hydrogens (tertiary/aromatic N) is 3. The number of hydrogen-bond donors (Lipinski definition) is 15. The van der Waals surface area contributed by atoms with Crippen LogP contribution in [-0.4, -0.2) is 178 Å². The van der Waals surface area contributed by atoms with E-state index in [-0.39, 0.29) is 45.1 Å². The minimum absolute atomic E-state index is 0.0235. The fourth-order valence-corrected chi connectivity index (χ4v) is 7.95. The molecule has 424 valence electrons. The summed E-state index contributed by atoms with van der Waals surface area (Å²) in [5.74, 6) is -15.0. The van der Waals surface area contributed by atoms with E-state index >= 15 is 0 Å². The highest BCUT2D eigenvalue weighted by Gasteiger charge is 2.41. The van der Waals surface area contributed by atoms with Crippen LogP contribution < -0.4 is 54.4 Å². The Bertz CT molecular complexity index is 2430. The molecule has 2 aromatic rings. The molecule has 0 bridgehead atoms. The van der Waals surface area contributed by atoms with Crippen LogP contribution in [0, 0.1) is 11.8 Å². The van der Waals surface area contributed by atoms with Gasteiger partial charge in [0.2, 0.25) is 59.1 Å². The van der Waals surface area contributed by atoms with E-state index in [0.29, 0.717) is 11.4 Å². The number of rotatable bonds is 33. The van der Waals surface area contributed by atoms with Gasteiger partial charge in [-0.3, -0.25) is 57.5 Å². The van der Waals surface area contributed by atoms with Crippen molar-refractivity contribution in [1.82, 2.24) is 62.1 Å². The van der Waals surface area contributed by atoms with Crippen LogP contribution in [0.2, 0.25) is 0 Å². The molecule has 1 fully saturated rings. The van der Waals surface area contributed by atoms with Crippen LogP contribution in [0.25, 0.3) is 0 Å². The lowest BCUT2D eigenvalue weighted by Crippen LogP contribution is -2.61. The van der Waals surface area contributed by atoms with Gasteiger partial charge >= 0.3 is 17.9 Å². The number of carbonyl (C=O) groups is 13. The number of aromatic nitrogens is 4. The van der Waals surface area contributed by atoms with E-state index in [2.05, 4.69) is 57.2 Å². The second kappa shape index (κ2) is 30.1. The zero-order valence-corrected chi connectivity index (χ0v) is 42.9. The number of aliphatic carboxylic acids is 3. The molecule has 3 heterocycles. The van der Waals surface area contributed by atoms with Crippen molar-refractivity contribution >= 4 is 77.0 Å². The molecular formula is C46H69N15O16. The van der Waals surface area contributed by atoms with E-state index in [9.17, 15) is 72.5 Å². The Kier molecular flexibility index (Phi) is 24.6. The molecule has 31 heteroatoms. The Morgan fingerprint density at radius 3 is 1.56 bits per heavy atom. The lowest BCUT2D eigenvalue weighted by atomic mass is 10.0. The lowest BCUT2D eigenvalue weighted by molar-refractivity contribution is -0.143. The van der Waals surface area contributed by atoms with Gasteiger partial charge in [0.25, 0.3) is 0 Å². The number of primary amides is 2. The van der Waals surface area contributed by atoms with Crippen molar-refractivity contribution in [3.05, 3.63) is 36.4 Å². The second-order valence-corrected chi connectivity index (χ2v) is 19.0. The van der Waals surface area contributed by atoms with Crippen LogP contribution in [0.3, 0.4) is 0 Å². The van der Waals surface area contributed by atoms with E-state index in [1.807, 2.05) is 0 Å². The third kappa shape index (κ3) is 20.6. The summed E-state index contributed by atoms with van der Waals surface area (Å²) in [5.41, 5.74) is 17.1. The van der Waals surface area contributed by atoms with Crippen molar-refractivity contribution in [3.63, 3.8) is 0 Å². The highest BCUT2D eigenvalue weighted by molar-refractivity contribution is 5.99. The molecule has 10 amide bonds. The SMILES string of the molecule is CC(C)[C@H](NC(=O)[C@H](Cc1cnc[nH]1)NC(=O)[C@H](CCC(=O)O)NC(=O)[C@@H]1CCCN1C(=O)[C@@H](NC(=O)[C@H](CC(N)=O)NC(=O)[C@@H](N)CCC(=O)O)C(C)C)C(=O)N[C@@H](CCC(N)=O)C(=O)N[C@@H](Cc1cnc[nH]1)C(=O)O. The van der Waals surface area contributed by atoms with Gasteiger partial charge in [-0.25, -0.2) is 14.8 Å². The minimum atomic E-state index is -1.66. The van der Waals surface area contributed by atoms with Crippen molar-refractivity contribution in [2.45, 2.75) is 153 Å². The third-order valence-electron chi connectivity index (χ3n) is 12.2. The Labute approximate surface area is 440 Å². The molecule has 18 N–H and O–H groups in total. The quantitative estimate of drug-likeness (QED) is 0.0318. The molecule has 31 nitrogen and oxygen atoms in total. The number of amides is 10. The first kappa shape index (κ1) is 62.8. The van der Waals surface area contributed by atoms with Gasteiger partial charge in [0, 0.05) is 62.4 Å². The minimum Gasteiger partial charge on any atom is -0.481 e. The van der Waals surface area contributed by atoms with Gasteiger partial charge in [-0.15, -0.1) is 0 Å². The van der Waals surface area contributed by atoms with E-state index in [0.717, 1.165) is 4.90 Å². The van der Waals surface area contributed by atoms with E-state index < -0.39 is 175 Å². The number of H-pyrrole nitrogens is 2. The monoisotopic (exact) mass is 1090 g/mol. The average molecular weight is 1090 g/mol. The topological polar surface area (TPSA) is 505 Å². The van der Waals surface area contributed by atoms with Gasteiger partial charge in [0.15, 0.2) is 0 Å². The summed E-state index contributed by atoms with van der Waals surface area (Å²) in [6, 6.07) is -13.4. The molecule has 3 rings (SSSR count). The van der Waals surface area contributed by atoms with Crippen LogP contribution in [0.15, 0.2) is 25.0 Å². The number of nitrogens with two attached hydrogens (primary N) is 3. The van der Waals surface area contributed by atoms with Crippen LogP contribution in [-0.2, 0) is 75.2 Å². The fraction of sp³-hybridized carbons (Fsp3) is 0.587. The number of carboxylic acid groups (broad SMARTS) is 3. The Morgan fingerprint density at radius 2 is 1.05 bits per heavy atom. The summed E-state index contributed by atoms with van der Waals surface area (Å²) in [6.07, 6.45) is 1.50. The van der Waals surface area contributed by atoms with Gasteiger partial charge in [0.05, 0.1) is 25.1 Å². The summed E-state index contributed by atoms with van der Waals surface area (Å²) in [4.78, 5) is 183. The van der Waals surface area contributed by atoms with Gasteiger partial charge in [-0.1, -0.05) is 27.7 Å². The highest BCUT2D eigenvalue weighted by atomic mass is 16.4. The third-order valence-corrected chi connectivity index (χ3v) is 12.2. The summed E-state index contributed by atoms with van der Waals surface area (Å²) in [7, 11) is 0. The first-order valence-corrected chi connectivity index (χ1v) is 24.5. The summed E-state index contributed by atoms with van der Waals surface area (Å²) >= 11 is 0. The molecule has 0 saturated carbocycles. The van der Waals surface area contributed by atoms with Crippen LogP contribution in [0.4, 0.5) is 0 Å². The molecular weight excluding hydrogens is 1020 g/mol. The predicted octanol–water partition coefficient (Wildman–Crippen LogP) is -5.10. The molecule has 0 spiro atoms. The molecule has 77 heavy (non-hydrogen) atoms. The largest absolute Gasteiger partial charge is 0.481 e. The Morgan fingerprint density at radius 1 is 0.584 bits per heavy atom. The zero-order chi connectivity index (χ0) is 57.7. The maximum atomic E-state index is 14.2. The molecule has 1 aliphatic heterocycles. The Balaban J connectivity index is 1.85.